The quantitative estimate of drug-likeness (QED) is 0.546. The fourth-order valence-electron chi connectivity index (χ4n) is 2.53. The minimum atomic E-state index is -4.67. The Kier molecular flexibility index (Phi) is 7.08. The summed E-state index contributed by atoms with van der Waals surface area (Å²) in [6.45, 7) is -0.265. The second-order valence-electron chi connectivity index (χ2n) is 5.86. The molecule has 2 aromatic rings. The first-order valence-electron chi connectivity index (χ1n) is 8.30. The van der Waals surface area contributed by atoms with Gasteiger partial charge in [0, 0.05) is 12.6 Å². The lowest BCUT2D eigenvalue weighted by molar-refractivity contribution is -0.137. The van der Waals surface area contributed by atoms with Crippen LogP contribution in [0.5, 0.6) is 17.2 Å². The fourth-order valence-corrected chi connectivity index (χ4v) is 2.53. The maximum Gasteiger partial charge on any atom is 0.416 e. The predicted molar refractivity (Wildman–Crippen MR) is 98.4 cm³/mol. The first-order valence-corrected chi connectivity index (χ1v) is 8.30. The SMILES string of the molecule is COc1cc(C=CC(=O)NCc2cc(F)cc(C(F)(F)F)c2)cc(OC)c1OC. The molecular formula is C20H19F4NO4. The molecule has 9 heteroatoms. The van der Waals surface area contributed by atoms with E-state index in [0.717, 1.165) is 12.1 Å². The Hall–Kier alpha value is -3.23. The third-order valence-electron chi connectivity index (χ3n) is 3.87. The van der Waals surface area contributed by atoms with E-state index in [9.17, 15) is 22.4 Å². The van der Waals surface area contributed by atoms with Gasteiger partial charge in [-0.15, -0.1) is 0 Å². The van der Waals surface area contributed by atoms with E-state index in [1.165, 1.54) is 33.5 Å². The standard InChI is InChI=1S/C20H19F4NO4/c1-27-16-8-12(9-17(28-2)19(16)29-3)4-5-18(26)25-11-13-6-14(20(22,23)24)10-15(21)7-13/h4-10H,11H2,1-3H3,(H,25,26). The Bertz CT molecular complexity index is 885. The minimum absolute atomic E-state index is 0.00754. The van der Waals surface area contributed by atoms with E-state index in [1.54, 1.807) is 12.1 Å². The highest BCUT2D eigenvalue weighted by molar-refractivity contribution is 5.91. The normalized spacial score (nSPS) is 11.4. The van der Waals surface area contributed by atoms with E-state index in [2.05, 4.69) is 5.32 Å². The van der Waals surface area contributed by atoms with Crippen LogP contribution in [0, 0.1) is 5.82 Å². The topological polar surface area (TPSA) is 56.8 Å². The number of alkyl halides is 3. The van der Waals surface area contributed by atoms with Gasteiger partial charge >= 0.3 is 6.18 Å². The second kappa shape index (κ2) is 9.31. The van der Waals surface area contributed by atoms with E-state index in [1.807, 2.05) is 0 Å². The third kappa shape index (κ3) is 5.87. The average molecular weight is 413 g/mol. The van der Waals surface area contributed by atoms with Gasteiger partial charge in [0.2, 0.25) is 11.7 Å². The predicted octanol–water partition coefficient (Wildman–Crippen LogP) is 4.20. The number of halogens is 4. The summed E-state index contributed by atoms with van der Waals surface area (Å²) in [5.74, 6) is -0.422. The van der Waals surface area contributed by atoms with Crippen molar-refractivity contribution in [2.45, 2.75) is 12.7 Å². The van der Waals surface area contributed by atoms with Crippen LogP contribution in [0.1, 0.15) is 16.7 Å². The van der Waals surface area contributed by atoms with Crippen molar-refractivity contribution in [1.29, 1.82) is 0 Å². The fraction of sp³-hybridized carbons (Fsp3) is 0.250. The van der Waals surface area contributed by atoms with Crippen molar-refractivity contribution in [2.24, 2.45) is 0 Å². The molecule has 156 valence electrons. The lowest BCUT2D eigenvalue weighted by Gasteiger charge is -2.12. The first kappa shape index (κ1) is 22.1. The third-order valence-corrected chi connectivity index (χ3v) is 3.87. The van der Waals surface area contributed by atoms with Crippen molar-refractivity contribution in [3.63, 3.8) is 0 Å². The van der Waals surface area contributed by atoms with Crippen LogP contribution < -0.4 is 19.5 Å². The molecule has 0 heterocycles. The van der Waals surface area contributed by atoms with Crippen LogP contribution in [0.4, 0.5) is 17.6 Å². The summed E-state index contributed by atoms with van der Waals surface area (Å²) in [5.41, 5.74) is -0.554. The van der Waals surface area contributed by atoms with Gasteiger partial charge in [-0.1, -0.05) is 0 Å². The van der Waals surface area contributed by atoms with Crippen molar-refractivity contribution in [1.82, 2.24) is 5.32 Å². The molecule has 0 spiro atoms. The zero-order chi connectivity index (χ0) is 21.6. The Labute approximate surface area is 164 Å². The van der Waals surface area contributed by atoms with E-state index in [0.29, 0.717) is 28.9 Å². The van der Waals surface area contributed by atoms with Gasteiger partial charge < -0.3 is 19.5 Å². The summed E-state index contributed by atoms with van der Waals surface area (Å²) in [7, 11) is 4.36. The Morgan fingerprint density at radius 3 is 2.14 bits per heavy atom. The van der Waals surface area contributed by atoms with Gasteiger partial charge in [0.05, 0.1) is 26.9 Å². The number of carbonyl (C=O) groups excluding carboxylic acids is 1. The number of nitrogens with one attached hydrogen (secondary N) is 1. The van der Waals surface area contributed by atoms with Crippen LogP contribution in [0.25, 0.3) is 6.08 Å². The van der Waals surface area contributed by atoms with Gasteiger partial charge in [-0.05, 0) is 47.5 Å². The molecule has 1 amide bonds. The minimum Gasteiger partial charge on any atom is -0.493 e. The van der Waals surface area contributed by atoms with Crippen LogP contribution in [-0.2, 0) is 17.5 Å². The molecule has 0 aromatic heterocycles. The van der Waals surface area contributed by atoms with Gasteiger partial charge in [-0.25, -0.2) is 4.39 Å². The summed E-state index contributed by atoms with van der Waals surface area (Å²) in [6.07, 6.45) is -2.02. The Morgan fingerprint density at radius 1 is 1.00 bits per heavy atom. The lowest BCUT2D eigenvalue weighted by atomic mass is 10.1. The molecule has 2 rings (SSSR count). The van der Waals surface area contributed by atoms with Gasteiger partial charge in [0.1, 0.15) is 5.82 Å². The Morgan fingerprint density at radius 2 is 1.62 bits per heavy atom. The molecule has 0 saturated carbocycles. The van der Waals surface area contributed by atoms with Crippen LogP contribution in [-0.4, -0.2) is 27.2 Å². The molecule has 0 saturated heterocycles. The van der Waals surface area contributed by atoms with Gasteiger partial charge in [0.15, 0.2) is 11.5 Å². The van der Waals surface area contributed by atoms with Crippen molar-refractivity contribution in [3.8, 4) is 17.2 Å². The number of rotatable bonds is 7. The smallest absolute Gasteiger partial charge is 0.416 e. The molecule has 0 aliphatic carbocycles. The van der Waals surface area contributed by atoms with Crippen molar-refractivity contribution in [3.05, 3.63) is 58.9 Å². The monoisotopic (exact) mass is 413 g/mol. The highest BCUT2D eigenvalue weighted by Crippen LogP contribution is 2.38. The molecule has 0 atom stereocenters. The van der Waals surface area contributed by atoms with Crippen molar-refractivity contribution in [2.75, 3.05) is 21.3 Å². The average Bonchev–Trinajstić information content (AvgIpc) is 2.68. The molecule has 0 radical (unpaired) electrons. The van der Waals surface area contributed by atoms with Crippen LogP contribution >= 0.6 is 0 Å². The number of methoxy groups -OCH3 is 3. The van der Waals surface area contributed by atoms with E-state index >= 15 is 0 Å². The number of hydrogen-bond acceptors (Lipinski definition) is 4. The van der Waals surface area contributed by atoms with E-state index in [4.69, 9.17) is 14.2 Å². The summed E-state index contributed by atoms with van der Waals surface area (Å²) < 4.78 is 67.2. The zero-order valence-corrected chi connectivity index (χ0v) is 15.9. The summed E-state index contributed by atoms with van der Waals surface area (Å²) >= 11 is 0. The zero-order valence-electron chi connectivity index (χ0n) is 15.9. The molecule has 0 fully saturated rings. The largest absolute Gasteiger partial charge is 0.493 e. The molecule has 1 N–H and O–H groups in total. The van der Waals surface area contributed by atoms with Crippen molar-refractivity contribution >= 4 is 12.0 Å². The number of amides is 1. The molecule has 0 aliphatic rings. The van der Waals surface area contributed by atoms with Crippen LogP contribution in [0.2, 0.25) is 0 Å². The van der Waals surface area contributed by atoms with Crippen LogP contribution in [0.15, 0.2) is 36.4 Å². The summed E-state index contributed by atoms with van der Waals surface area (Å²) in [4.78, 5) is 12.0. The summed E-state index contributed by atoms with van der Waals surface area (Å²) in [5, 5.41) is 2.41. The molecule has 0 bridgehead atoms. The van der Waals surface area contributed by atoms with Crippen molar-refractivity contribution < 1.29 is 36.6 Å². The molecule has 0 aliphatic heterocycles. The van der Waals surface area contributed by atoms with E-state index < -0.39 is 23.5 Å². The molecule has 0 unspecified atom stereocenters. The lowest BCUT2D eigenvalue weighted by Crippen LogP contribution is -2.20. The first-order chi connectivity index (χ1) is 13.7. The van der Waals surface area contributed by atoms with Gasteiger partial charge in [-0.3, -0.25) is 4.79 Å². The van der Waals surface area contributed by atoms with Gasteiger partial charge in [0.25, 0.3) is 0 Å². The molecule has 29 heavy (non-hydrogen) atoms. The molecular weight excluding hydrogens is 394 g/mol. The molecule has 5 nitrogen and oxygen atoms in total. The Balaban J connectivity index is 2.10. The maximum atomic E-state index is 13.4. The molecule has 2 aromatic carbocycles. The van der Waals surface area contributed by atoms with Gasteiger partial charge in [-0.2, -0.15) is 13.2 Å². The van der Waals surface area contributed by atoms with E-state index in [-0.39, 0.29) is 12.1 Å². The number of carbonyl (C=O) groups is 1. The second-order valence-corrected chi connectivity index (χ2v) is 5.86. The summed E-state index contributed by atoms with van der Waals surface area (Å²) in [6, 6.07) is 5.35. The highest BCUT2D eigenvalue weighted by Gasteiger charge is 2.31. The maximum absolute atomic E-state index is 13.4. The number of hydrogen-bond donors (Lipinski definition) is 1. The number of benzene rings is 2. The number of ether oxygens (including phenoxy) is 3. The highest BCUT2D eigenvalue weighted by atomic mass is 19.4. The van der Waals surface area contributed by atoms with Crippen LogP contribution in [0.3, 0.4) is 0 Å².